The van der Waals surface area contributed by atoms with Crippen molar-refractivity contribution in [3.63, 3.8) is 0 Å². The van der Waals surface area contributed by atoms with Gasteiger partial charge in [-0.15, -0.1) is 0 Å². The van der Waals surface area contributed by atoms with Gasteiger partial charge >= 0.3 is 0 Å². The molecule has 22 heavy (non-hydrogen) atoms. The van der Waals surface area contributed by atoms with E-state index in [1.165, 1.54) is 0 Å². The minimum absolute atomic E-state index is 0.00659. The fraction of sp³-hybridized carbons (Fsp3) is 0.895. The molecule has 8 atom stereocenters. The lowest BCUT2D eigenvalue weighted by molar-refractivity contribution is -0.0877. The average molecular weight is 308 g/mol. The lowest BCUT2D eigenvalue weighted by atomic mass is 9.47. The highest BCUT2D eigenvalue weighted by Crippen LogP contribution is 2.65. The molecule has 0 radical (unpaired) electrons. The topological polar surface area (TPSA) is 40.5 Å². The van der Waals surface area contributed by atoms with Crippen molar-refractivity contribution < 1.29 is 14.6 Å². The number of alkyl halides is 1. The van der Waals surface area contributed by atoms with E-state index < -0.39 is 12.3 Å². The number of aliphatic hydroxyl groups is 2. The molecule has 3 heteroatoms. The summed E-state index contributed by atoms with van der Waals surface area (Å²) in [6.07, 6.45) is 6.66. The molecular weight excluding hydrogens is 279 g/mol. The Balaban J connectivity index is 1.71. The fourth-order valence-electron chi connectivity index (χ4n) is 6.68. The van der Waals surface area contributed by atoms with Gasteiger partial charge in [-0.2, -0.15) is 0 Å². The average Bonchev–Trinajstić information content (AvgIpc) is 2.77. The highest BCUT2D eigenvalue weighted by molar-refractivity contribution is 5.29. The van der Waals surface area contributed by atoms with Gasteiger partial charge in [0.25, 0.3) is 0 Å². The van der Waals surface area contributed by atoms with Gasteiger partial charge in [0.15, 0.2) is 0 Å². The molecule has 0 aliphatic heterocycles. The van der Waals surface area contributed by atoms with E-state index in [4.69, 9.17) is 0 Å². The predicted molar refractivity (Wildman–Crippen MR) is 84.0 cm³/mol. The molecule has 0 amide bonds. The van der Waals surface area contributed by atoms with Crippen LogP contribution in [0.4, 0.5) is 4.39 Å². The first kappa shape index (κ1) is 15.1. The predicted octanol–water partition coefficient (Wildman–Crippen LogP) is 3.62. The van der Waals surface area contributed by atoms with Crippen molar-refractivity contribution >= 4 is 0 Å². The number of rotatable bonds is 0. The minimum Gasteiger partial charge on any atom is -0.393 e. The smallest absolute Gasteiger partial charge is 0.122 e. The zero-order valence-electron chi connectivity index (χ0n) is 13.8. The summed E-state index contributed by atoms with van der Waals surface area (Å²) < 4.78 is 14.9. The Kier molecular flexibility index (Phi) is 3.30. The zero-order chi connectivity index (χ0) is 15.7. The van der Waals surface area contributed by atoms with Gasteiger partial charge < -0.3 is 10.2 Å². The van der Waals surface area contributed by atoms with E-state index >= 15 is 0 Å². The number of halogens is 1. The van der Waals surface area contributed by atoms with Gasteiger partial charge in [0.2, 0.25) is 0 Å². The van der Waals surface area contributed by atoms with E-state index in [0.29, 0.717) is 24.2 Å². The summed E-state index contributed by atoms with van der Waals surface area (Å²) >= 11 is 0. The third-order valence-corrected chi connectivity index (χ3v) is 8.01. The lowest BCUT2D eigenvalue weighted by Crippen LogP contribution is -2.53. The van der Waals surface area contributed by atoms with E-state index in [9.17, 15) is 14.6 Å². The van der Waals surface area contributed by atoms with Crippen molar-refractivity contribution in [2.24, 2.45) is 28.6 Å². The Morgan fingerprint density at radius 3 is 2.59 bits per heavy atom. The Labute approximate surface area is 132 Å². The van der Waals surface area contributed by atoms with Crippen LogP contribution in [0.2, 0.25) is 0 Å². The molecule has 3 fully saturated rings. The Hall–Kier alpha value is -0.410. The maximum atomic E-state index is 14.9. The number of allylic oxidation sites excluding steroid dienone is 1. The Morgan fingerprint density at radius 1 is 1.05 bits per heavy atom. The molecule has 4 aliphatic carbocycles. The summed E-state index contributed by atoms with van der Waals surface area (Å²) in [6, 6.07) is 0. The molecule has 124 valence electrons. The molecule has 2 N–H and O–H groups in total. The molecule has 0 bridgehead atoms. The normalized spacial score (nSPS) is 57.6. The SMILES string of the molecule is C[C@]12CC[C@H]3[C@@H](C[C@H](F)C4=C[C@H](O)CC[C@@]43C)[C@@H]1CC[C@@H]2O. The highest BCUT2D eigenvalue weighted by atomic mass is 19.1. The van der Waals surface area contributed by atoms with Crippen LogP contribution in [0.15, 0.2) is 11.6 Å². The summed E-state index contributed by atoms with van der Waals surface area (Å²) in [6.45, 7) is 4.47. The molecular formula is C19H29FO2. The van der Waals surface area contributed by atoms with Crippen molar-refractivity contribution in [3.05, 3.63) is 11.6 Å². The number of hydrogen-bond acceptors (Lipinski definition) is 2. The molecule has 0 aromatic rings. The van der Waals surface area contributed by atoms with E-state index in [0.717, 1.165) is 44.1 Å². The molecule has 4 aliphatic rings. The third kappa shape index (κ3) is 1.84. The summed E-state index contributed by atoms with van der Waals surface area (Å²) in [4.78, 5) is 0. The number of fused-ring (bicyclic) bond motifs is 5. The second-order valence-corrected chi connectivity index (χ2v) is 8.86. The summed E-state index contributed by atoms with van der Waals surface area (Å²) in [5.41, 5.74) is 0.818. The van der Waals surface area contributed by atoms with Crippen molar-refractivity contribution in [2.75, 3.05) is 0 Å². The first-order chi connectivity index (χ1) is 10.4. The van der Waals surface area contributed by atoms with Crippen LogP contribution in [0.1, 0.15) is 58.8 Å². The molecule has 2 nitrogen and oxygen atoms in total. The van der Waals surface area contributed by atoms with Crippen LogP contribution < -0.4 is 0 Å². The molecule has 0 aromatic carbocycles. The van der Waals surface area contributed by atoms with Gasteiger partial charge in [0.05, 0.1) is 12.2 Å². The van der Waals surface area contributed by atoms with Gasteiger partial charge in [-0.25, -0.2) is 4.39 Å². The van der Waals surface area contributed by atoms with E-state index in [1.54, 1.807) is 0 Å². The van der Waals surface area contributed by atoms with Gasteiger partial charge in [-0.3, -0.25) is 0 Å². The van der Waals surface area contributed by atoms with Crippen LogP contribution in [0.3, 0.4) is 0 Å². The Bertz CT molecular complexity index is 504. The van der Waals surface area contributed by atoms with Crippen LogP contribution in [0.25, 0.3) is 0 Å². The van der Waals surface area contributed by atoms with Crippen LogP contribution in [0.5, 0.6) is 0 Å². The zero-order valence-corrected chi connectivity index (χ0v) is 13.8. The number of hydrogen-bond donors (Lipinski definition) is 2. The molecule has 0 heterocycles. The standard InChI is InChI=1S/C19H29FO2/c1-18-7-5-11(21)9-15(18)16(20)10-12-13-3-4-17(22)19(13,2)8-6-14(12)18/h9,11-14,16-17,21-22H,3-8,10H2,1-2H3/t11-,12+,13+,14+,16+,17+,18-,19+/m1/s1. The van der Waals surface area contributed by atoms with Crippen LogP contribution >= 0.6 is 0 Å². The van der Waals surface area contributed by atoms with Crippen LogP contribution in [-0.2, 0) is 0 Å². The van der Waals surface area contributed by atoms with Crippen LogP contribution in [-0.4, -0.2) is 28.6 Å². The van der Waals surface area contributed by atoms with Gasteiger partial charge in [-0.05, 0) is 79.1 Å². The molecule has 0 aromatic heterocycles. The maximum absolute atomic E-state index is 14.9. The van der Waals surface area contributed by atoms with E-state index in [1.807, 2.05) is 6.08 Å². The molecule has 0 spiro atoms. The molecule has 0 unspecified atom stereocenters. The van der Waals surface area contributed by atoms with Gasteiger partial charge in [0, 0.05) is 0 Å². The number of aliphatic hydroxyl groups excluding tert-OH is 2. The van der Waals surface area contributed by atoms with Gasteiger partial charge in [0.1, 0.15) is 6.17 Å². The van der Waals surface area contributed by atoms with Crippen molar-refractivity contribution in [1.29, 1.82) is 0 Å². The largest absolute Gasteiger partial charge is 0.393 e. The monoisotopic (exact) mass is 308 g/mol. The van der Waals surface area contributed by atoms with E-state index in [-0.39, 0.29) is 16.9 Å². The van der Waals surface area contributed by atoms with Crippen molar-refractivity contribution in [3.8, 4) is 0 Å². The van der Waals surface area contributed by atoms with Crippen molar-refractivity contribution in [1.82, 2.24) is 0 Å². The van der Waals surface area contributed by atoms with Crippen molar-refractivity contribution in [2.45, 2.75) is 77.2 Å². The first-order valence-electron chi connectivity index (χ1n) is 9.08. The second kappa shape index (κ2) is 4.80. The molecule has 4 rings (SSSR count). The summed E-state index contributed by atoms with van der Waals surface area (Å²) in [5, 5.41) is 20.4. The molecule has 3 saturated carbocycles. The fourth-order valence-corrected chi connectivity index (χ4v) is 6.68. The highest BCUT2D eigenvalue weighted by Gasteiger charge is 2.60. The summed E-state index contributed by atoms with van der Waals surface area (Å²) in [7, 11) is 0. The first-order valence-corrected chi connectivity index (χ1v) is 9.08. The lowest BCUT2D eigenvalue weighted by Gasteiger charge is -2.58. The Morgan fingerprint density at radius 2 is 1.82 bits per heavy atom. The summed E-state index contributed by atoms with van der Waals surface area (Å²) in [5.74, 6) is 1.41. The second-order valence-electron chi connectivity index (χ2n) is 8.86. The minimum atomic E-state index is -0.902. The van der Waals surface area contributed by atoms with E-state index in [2.05, 4.69) is 13.8 Å². The molecule has 0 saturated heterocycles. The third-order valence-electron chi connectivity index (χ3n) is 8.01. The quantitative estimate of drug-likeness (QED) is 0.671. The van der Waals surface area contributed by atoms with Gasteiger partial charge in [-0.1, -0.05) is 19.9 Å². The maximum Gasteiger partial charge on any atom is 0.122 e. The van der Waals surface area contributed by atoms with Crippen LogP contribution in [0, 0.1) is 28.6 Å².